The zero-order valence-corrected chi connectivity index (χ0v) is 15.4. The fourth-order valence-corrected chi connectivity index (χ4v) is 3.26. The quantitative estimate of drug-likeness (QED) is 0.686. The summed E-state index contributed by atoms with van der Waals surface area (Å²) >= 11 is 0. The second-order valence-corrected chi connectivity index (χ2v) is 6.42. The van der Waals surface area contributed by atoms with Crippen LogP contribution in [0.2, 0.25) is 0 Å². The lowest BCUT2D eigenvalue weighted by Crippen LogP contribution is -2.42. The SMILES string of the molecule is COc1cnc(N2CCC[C@H](Oc3ccccn3)C2)nc1-c1ccnn1C. The van der Waals surface area contributed by atoms with Crippen molar-refractivity contribution in [1.29, 1.82) is 0 Å². The van der Waals surface area contributed by atoms with Gasteiger partial charge in [0.1, 0.15) is 11.8 Å². The van der Waals surface area contributed by atoms with Crippen LogP contribution in [0.5, 0.6) is 11.6 Å². The van der Waals surface area contributed by atoms with Crippen LogP contribution in [-0.2, 0) is 7.05 Å². The smallest absolute Gasteiger partial charge is 0.226 e. The highest BCUT2D eigenvalue weighted by Gasteiger charge is 2.25. The fraction of sp³-hybridized carbons (Fsp3) is 0.368. The molecule has 1 saturated heterocycles. The van der Waals surface area contributed by atoms with E-state index in [2.05, 4.69) is 20.0 Å². The maximum atomic E-state index is 6.03. The van der Waals surface area contributed by atoms with E-state index in [-0.39, 0.29) is 6.10 Å². The first-order valence-corrected chi connectivity index (χ1v) is 8.96. The summed E-state index contributed by atoms with van der Waals surface area (Å²) in [6, 6.07) is 7.60. The van der Waals surface area contributed by atoms with E-state index in [1.54, 1.807) is 30.4 Å². The molecule has 4 heterocycles. The van der Waals surface area contributed by atoms with Crippen LogP contribution in [-0.4, -0.2) is 51.0 Å². The Labute approximate surface area is 157 Å². The summed E-state index contributed by atoms with van der Waals surface area (Å²) in [5.41, 5.74) is 1.61. The van der Waals surface area contributed by atoms with Crippen LogP contribution >= 0.6 is 0 Å². The van der Waals surface area contributed by atoms with E-state index in [0.29, 0.717) is 24.1 Å². The van der Waals surface area contributed by atoms with Crippen molar-refractivity contribution in [2.45, 2.75) is 18.9 Å². The number of hydrogen-bond donors (Lipinski definition) is 0. The molecule has 8 heteroatoms. The summed E-state index contributed by atoms with van der Waals surface area (Å²) < 4.78 is 13.3. The zero-order valence-electron chi connectivity index (χ0n) is 15.4. The van der Waals surface area contributed by atoms with E-state index in [0.717, 1.165) is 30.8 Å². The Bertz CT molecular complexity index is 898. The van der Waals surface area contributed by atoms with Gasteiger partial charge in [-0.3, -0.25) is 4.68 Å². The molecule has 0 N–H and O–H groups in total. The van der Waals surface area contributed by atoms with Crippen molar-refractivity contribution < 1.29 is 9.47 Å². The second kappa shape index (κ2) is 7.61. The summed E-state index contributed by atoms with van der Waals surface area (Å²) in [4.78, 5) is 15.7. The van der Waals surface area contributed by atoms with Crippen LogP contribution in [0.1, 0.15) is 12.8 Å². The number of ether oxygens (including phenoxy) is 2. The minimum Gasteiger partial charge on any atom is -0.493 e. The number of piperidine rings is 1. The highest BCUT2D eigenvalue weighted by molar-refractivity contribution is 5.63. The zero-order chi connectivity index (χ0) is 18.6. The van der Waals surface area contributed by atoms with Gasteiger partial charge < -0.3 is 14.4 Å². The van der Waals surface area contributed by atoms with Crippen LogP contribution in [0, 0.1) is 0 Å². The van der Waals surface area contributed by atoms with Gasteiger partial charge in [-0.2, -0.15) is 5.10 Å². The standard InChI is InChI=1S/C19H22N6O2/c1-24-15(8-10-22-24)18-16(26-2)12-21-19(23-18)25-11-5-6-14(13-25)27-17-7-3-4-9-20-17/h3-4,7-10,12,14H,5-6,11,13H2,1-2H3/t14-/m0/s1. The van der Waals surface area contributed by atoms with Gasteiger partial charge in [-0.1, -0.05) is 6.07 Å². The maximum Gasteiger partial charge on any atom is 0.226 e. The molecule has 0 radical (unpaired) electrons. The largest absolute Gasteiger partial charge is 0.493 e. The van der Waals surface area contributed by atoms with Crippen LogP contribution < -0.4 is 14.4 Å². The Hall–Kier alpha value is -3.16. The second-order valence-electron chi connectivity index (χ2n) is 6.42. The van der Waals surface area contributed by atoms with Gasteiger partial charge >= 0.3 is 0 Å². The van der Waals surface area contributed by atoms with Crippen LogP contribution in [0.4, 0.5) is 5.95 Å². The molecular weight excluding hydrogens is 344 g/mol. The van der Waals surface area contributed by atoms with Crippen molar-refractivity contribution in [1.82, 2.24) is 24.7 Å². The highest BCUT2D eigenvalue weighted by Crippen LogP contribution is 2.29. The number of pyridine rings is 1. The van der Waals surface area contributed by atoms with E-state index < -0.39 is 0 Å². The summed E-state index contributed by atoms with van der Waals surface area (Å²) in [6.45, 7) is 1.60. The Kier molecular flexibility index (Phi) is 4.86. The molecule has 0 unspecified atom stereocenters. The van der Waals surface area contributed by atoms with Crippen molar-refractivity contribution in [3.8, 4) is 23.0 Å². The Morgan fingerprint density at radius 3 is 2.81 bits per heavy atom. The van der Waals surface area contributed by atoms with Crippen LogP contribution in [0.3, 0.4) is 0 Å². The molecule has 1 atom stereocenters. The molecule has 3 aromatic rings. The van der Waals surface area contributed by atoms with Crippen LogP contribution in [0.15, 0.2) is 42.9 Å². The first kappa shape index (κ1) is 17.3. The van der Waals surface area contributed by atoms with E-state index in [1.165, 1.54) is 0 Å². The lowest BCUT2D eigenvalue weighted by Gasteiger charge is -2.32. The number of aryl methyl sites for hydroxylation is 1. The Morgan fingerprint density at radius 1 is 1.15 bits per heavy atom. The molecule has 1 aliphatic rings. The molecule has 0 spiro atoms. The number of rotatable bonds is 5. The first-order chi connectivity index (χ1) is 13.2. The number of nitrogens with zero attached hydrogens (tertiary/aromatic N) is 6. The summed E-state index contributed by atoms with van der Waals surface area (Å²) in [5.74, 6) is 1.94. The molecule has 3 aromatic heterocycles. The third-order valence-electron chi connectivity index (χ3n) is 4.61. The van der Waals surface area contributed by atoms with Crippen molar-refractivity contribution >= 4 is 5.95 Å². The van der Waals surface area contributed by atoms with E-state index in [9.17, 15) is 0 Å². The van der Waals surface area contributed by atoms with E-state index >= 15 is 0 Å². The van der Waals surface area contributed by atoms with Crippen molar-refractivity contribution in [3.05, 3.63) is 42.9 Å². The average molecular weight is 366 g/mol. The molecule has 0 aromatic carbocycles. The van der Waals surface area contributed by atoms with Crippen molar-refractivity contribution in [2.24, 2.45) is 7.05 Å². The third-order valence-corrected chi connectivity index (χ3v) is 4.61. The lowest BCUT2D eigenvalue weighted by atomic mass is 10.1. The van der Waals surface area contributed by atoms with E-state index in [1.807, 2.05) is 31.3 Å². The predicted molar refractivity (Wildman–Crippen MR) is 101 cm³/mol. The van der Waals surface area contributed by atoms with Gasteiger partial charge in [0, 0.05) is 32.1 Å². The molecule has 0 saturated carbocycles. The van der Waals surface area contributed by atoms with E-state index in [4.69, 9.17) is 14.5 Å². The summed E-state index contributed by atoms with van der Waals surface area (Å²) in [5, 5.41) is 4.23. The predicted octanol–water partition coefficient (Wildman–Crippen LogP) is 2.33. The number of hydrogen-bond acceptors (Lipinski definition) is 7. The van der Waals surface area contributed by atoms with Gasteiger partial charge in [0.25, 0.3) is 0 Å². The van der Waals surface area contributed by atoms with Gasteiger partial charge in [0.2, 0.25) is 11.8 Å². The topological polar surface area (TPSA) is 78.2 Å². The fourth-order valence-electron chi connectivity index (χ4n) is 3.26. The van der Waals surface area contributed by atoms with Crippen molar-refractivity contribution in [3.63, 3.8) is 0 Å². The van der Waals surface area contributed by atoms with Gasteiger partial charge in [-0.25, -0.2) is 15.0 Å². The number of anilines is 1. The van der Waals surface area contributed by atoms with Gasteiger partial charge in [-0.05, 0) is 25.0 Å². The molecule has 0 bridgehead atoms. The van der Waals surface area contributed by atoms with Crippen LogP contribution in [0.25, 0.3) is 11.4 Å². The molecule has 1 aliphatic heterocycles. The first-order valence-electron chi connectivity index (χ1n) is 8.96. The van der Waals surface area contributed by atoms with Gasteiger partial charge in [0.15, 0.2) is 5.75 Å². The Balaban J connectivity index is 1.56. The monoisotopic (exact) mass is 366 g/mol. The molecule has 27 heavy (non-hydrogen) atoms. The molecular formula is C19H22N6O2. The molecule has 140 valence electrons. The number of methoxy groups -OCH3 is 1. The summed E-state index contributed by atoms with van der Waals surface area (Å²) in [6.07, 6.45) is 7.25. The molecule has 1 fully saturated rings. The molecule has 0 aliphatic carbocycles. The van der Waals surface area contributed by atoms with Crippen molar-refractivity contribution in [2.75, 3.05) is 25.1 Å². The highest BCUT2D eigenvalue weighted by atomic mass is 16.5. The average Bonchev–Trinajstić information content (AvgIpc) is 3.14. The normalized spacial score (nSPS) is 17.0. The molecule has 8 nitrogen and oxygen atoms in total. The molecule has 0 amide bonds. The minimum atomic E-state index is 0.0551. The third kappa shape index (κ3) is 3.69. The van der Waals surface area contributed by atoms with Gasteiger partial charge in [0.05, 0.1) is 25.5 Å². The lowest BCUT2D eigenvalue weighted by molar-refractivity contribution is 0.171. The Morgan fingerprint density at radius 2 is 2.07 bits per heavy atom. The van der Waals surface area contributed by atoms with Gasteiger partial charge in [-0.15, -0.1) is 0 Å². The maximum absolute atomic E-state index is 6.03. The molecule has 4 rings (SSSR count). The minimum absolute atomic E-state index is 0.0551. The number of aromatic nitrogens is 5. The summed E-state index contributed by atoms with van der Waals surface area (Å²) in [7, 11) is 3.50.